The molecule has 0 radical (unpaired) electrons. The van der Waals surface area contributed by atoms with Crippen molar-refractivity contribution in [2.24, 2.45) is 0 Å². The number of carbonyl (C=O) groups excluding carboxylic acids is 1. The van der Waals surface area contributed by atoms with E-state index in [4.69, 9.17) is 4.74 Å². The predicted octanol–water partition coefficient (Wildman–Crippen LogP) is 7.60. The number of aromatic nitrogens is 1. The van der Waals surface area contributed by atoms with Crippen LogP contribution in [0.15, 0.2) is 34.9 Å². The maximum Gasteiger partial charge on any atom is 0.416 e. The van der Waals surface area contributed by atoms with E-state index in [-0.39, 0.29) is 11.6 Å². The maximum atomic E-state index is 12.9. The number of fused-ring (bicyclic) bond motifs is 1. The summed E-state index contributed by atoms with van der Waals surface area (Å²) in [6, 6.07) is 2.81. The van der Waals surface area contributed by atoms with Gasteiger partial charge < -0.3 is 15.0 Å². The Morgan fingerprint density at radius 2 is 1.63 bits per heavy atom. The fourth-order valence-corrected chi connectivity index (χ4v) is 4.27. The Balaban J connectivity index is 0.000000302. The maximum absolute atomic E-state index is 12.9. The van der Waals surface area contributed by atoms with Gasteiger partial charge in [-0.05, 0) is 71.1 Å². The summed E-state index contributed by atoms with van der Waals surface area (Å²) in [4.78, 5) is 17.1. The second-order valence-electron chi connectivity index (χ2n) is 7.62. The van der Waals surface area contributed by atoms with Crippen LogP contribution in [0.1, 0.15) is 55.0 Å². The van der Waals surface area contributed by atoms with E-state index >= 15 is 0 Å². The summed E-state index contributed by atoms with van der Waals surface area (Å²) in [7, 11) is 1.86. The van der Waals surface area contributed by atoms with Crippen molar-refractivity contribution in [2.75, 3.05) is 18.9 Å². The molecule has 2 saturated heterocycles. The summed E-state index contributed by atoms with van der Waals surface area (Å²) in [5.74, 6) is 0.934. The normalized spacial score (nSPS) is 19.2. The Hall–Kier alpha value is -2.50. The van der Waals surface area contributed by atoms with Gasteiger partial charge in [0, 0.05) is 24.3 Å². The lowest BCUT2D eigenvalue weighted by molar-refractivity contribution is -0.143. The van der Waals surface area contributed by atoms with E-state index in [0.717, 1.165) is 15.9 Å². The lowest BCUT2D eigenvalue weighted by Gasteiger charge is -2.20. The molecule has 2 aliphatic heterocycles. The smallest absolute Gasteiger partial charge is 0.416 e. The summed E-state index contributed by atoms with van der Waals surface area (Å²) >= 11 is 3.34. The van der Waals surface area contributed by atoms with Gasteiger partial charge in [0.15, 0.2) is 0 Å². The van der Waals surface area contributed by atoms with E-state index in [1.165, 1.54) is 4.90 Å². The first-order valence-electron chi connectivity index (χ1n) is 10.9. The minimum absolute atomic E-state index is 0.0622. The van der Waals surface area contributed by atoms with E-state index in [9.17, 15) is 31.1 Å². The van der Waals surface area contributed by atoms with Crippen LogP contribution in [0, 0.1) is 6.92 Å². The average Bonchev–Trinajstić information content (AvgIpc) is 3.38. The molecular formula is C23H26BrF6N3O2. The minimum Gasteiger partial charge on any atom is -0.439 e. The quantitative estimate of drug-likeness (QED) is 0.378. The molecule has 2 unspecified atom stereocenters. The Morgan fingerprint density at radius 3 is 2.11 bits per heavy atom. The molecule has 1 aromatic carbocycles. The zero-order valence-electron chi connectivity index (χ0n) is 19.5. The van der Waals surface area contributed by atoms with Crippen LogP contribution in [-0.2, 0) is 17.1 Å². The second kappa shape index (κ2) is 11.5. The molecule has 2 aromatic rings. The predicted molar refractivity (Wildman–Crippen MR) is 123 cm³/mol. The fraction of sp³-hybridized carbons (Fsp3) is 0.478. The van der Waals surface area contributed by atoms with Gasteiger partial charge in [-0.2, -0.15) is 26.3 Å². The number of halogens is 7. The first-order valence-corrected chi connectivity index (χ1v) is 11.7. The zero-order valence-corrected chi connectivity index (χ0v) is 21.1. The number of rotatable bonds is 2. The first kappa shape index (κ1) is 28.7. The Kier molecular flexibility index (Phi) is 9.43. The van der Waals surface area contributed by atoms with Gasteiger partial charge in [0.1, 0.15) is 11.9 Å². The number of amides is 1. The number of ether oxygens (including phenoxy) is 1. The van der Waals surface area contributed by atoms with Crippen molar-refractivity contribution in [3.63, 3.8) is 0 Å². The van der Waals surface area contributed by atoms with Gasteiger partial charge in [0.2, 0.25) is 0 Å². The van der Waals surface area contributed by atoms with Gasteiger partial charge in [0.25, 0.3) is 0 Å². The highest BCUT2D eigenvalue weighted by Gasteiger charge is 2.46. The molecule has 1 amide bonds. The molecular weight excluding hydrogens is 544 g/mol. The molecule has 5 nitrogen and oxygen atoms in total. The van der Waals surface area contributed by atoms with Crippen LogP contribution in [0.5, 0.6) is 0 Å². The van der Waals surface area contributed by atoms with Crippen LogP contribution in [0.3, 0.4) is 0 Å². The molecule has 2 atom stereocenters. The molecule has 1 N–H and O–H groups in total. The van der Waals surface area contributed by atoms with Crippen molar-refractivity contribution >= 4 is 27.8 Å². The van der Waals surface area contributed by atoms with Crippen LogP contribution in [0.2, 0.25) is 0 Å². The van der Waals surface area contributed by atoms with Crippen molar-refractivity contribution in [2.45, 2.75) is 58.1 Å². The average molecular weight is 570 g/mol. The summed E-state index contributed by atoms with van der Waals surface area (Å²) in [5, 5.41) is 2.99. The van der Waals surface area contributed by atoms with E-state index in [2.05, 4.69) is 26.2 Å². The summed E-state index contributed by atoms with van der Waals surface area (Å²) in [6.07, 6.45) is -8.77. The Bertz CT molecular complexity index is 997. The van der Waals surface area contributed by atoms with Crippen LogP contribution < -0.4 is 5.32 Å². The number of alkyl halides is 6. The van der Waals surface area contributed by atoms with E-state index in [1.54, 1.807) is 6.20 Å². The third kappa shape index (κ3) is 7.02. The van der Waals surface area contributed by atoms with E-state index in [0.29, 0.717) is 31.5 Å². The van der Waals surface area contributed by atoms with E-state index in [1.807, 2.05) is 33.9 Å². The summed E-state index contributed by atoms with van der Waals surface area (Å²) in [6.45, 7) is 6.41. The van der Waals surface area contributed by atoms with Crippen LogP contribution >= 0.6 is 15.9 Å². The monoisotopic (exact) mass is 569 g/mol. The molecule has 0 aliphatic carbocycles. The van der Waals surface area contributed by atoms with Gasteiger partial charge in [-0.25, -0.2) is 9.78 Å². The topological polar surface area (TPSA) is 54.5 Å². The standard InChI is InChI=1S/C14H11F6NO2.C7H9BrN2.C2H6/c15-13(16,17)8-4-7(5-9(6-8)14(18,19)20)11-10-2-1-3-21(10)12(22)23-11;1-5-3-6(8)4-10-7(5)9-2;1-2/h4-6,10-11H,1-3H2;3-4H,1-2H3,(H,9,10);1-2H3. The van der Waals surface area contributed by atoms with Crippen LogP contribution in [0.25, 0.3) is 0 Å². The van der Waals surface area contributed by atoms with Crippen molar-refractivity contribution in [3.05, 3.63) is 57.2 Å². The lowest BCUT2D eigenvalue weighted by Crippen LogP contribution is -2.27. The number of hydrogen-bond acceptors (Lipinski definition) is 4. The fourth-order valence-electron chi connectivity index (χ4n) is 3.82. The van der Waals surface area contributed by atoms with Crippen molar-refractivity contribution in [1.82, 2.24) is 9.88 Å². The second-order valence-corrected chi connectivity index (χ2v) is 8.53. The van der Waals surface area contributed by atoms with Crippen molar-refractivity contribution in [1.29, 1.82) is 0 Å². The summed E-state index contributed by atoms with van der Waals surface area (Å²) < 4.78 is 83.3. The van der Waals surface area contributed by atoms with Gasteiger partial charge in [-0.15, -0.1) is 0 Å². The number of hydrogen-bond donors (Lipinski definition) is 1. The molecule has 2 aliphatic rings. The molecule has 194 valence electrons. The number of aryl methyl sites for hydroxylation is 1. The SMILES string of the molecule is CC.CNc1ncc(Br)cc1C.O=C1OC(c2cc(C(F)(F)F)cc(C(F)(F)F)c2)C2CCCN12. The molecule has 12 heteroatoms. The van der Waals surface area contributed by atoms with Crippen molar-refractivity contribution in [3.8, 4) is 0 Å². The molecule has 3 heterocycles. The molecule has 2 fully saturated rings. The molecule has 0 bridgehead atoms. The van der Waals surface area contributed by atoms with Gasteiger partial charge >= 0.3 is 18.4 Å². The highest BCUT2D eigenvalue weighted by molar-refractivity contribution is 9.10. The molecule has 0 saturated carbocycles. The number of cyclic esters (lactones) is 1. The number of benzene rings is 1. The molecule has 1 aromatic heterocycles. The lowest BCUT2D eigenvalue weighted by atomic mass is 9.96. The highest BCUT2D eigenvalue weighted by atomic mass is 79.9. The number of pyridine rings is 1. The van der Waals surface area contributed by atoms with Gasteiger partial charge in [-0.1, -0.05) is 13.8 Å². The number of anilines is 1. The minimum atomic E-state index is -4.92. The Labute approximate surface area is 208 Å². The summed E-state index contributed by atoms with van der Waals surface area (Å²) in [5.41, 5.74) is -1.95. The van der Waals surface area contributed by atoms with Gasteiger partial charge in [-0.3, -0.25) is 0 Å². The molecule has 0 spiro atoms. The number of nitrogens with one attached hydrogen (secondary N) is 1. The third-order valence-electron chi connectivity index (χ3n) is 5.33. The van der Waals surface area contributed by atoms with E-state index < -0.39 is 41.7 Å². The van der Waals surface area contributed by atoms with Crippen molar-refractivity contribution < 1.29 is 35.9 Å². The Morgan fingerprint density at radius 1 is 1.06 bits per heavy atom. The highest BCUT2D eigenvalue weighted by Crippen LogP contribution is 2.43. The molecule has 35 heavy (non-hydrogen) atoms. The van der Waals surface area contributed by atoms with Crippen LogP contribution in [-0.4, -0.2) is 35.6 Å². The number of nitrogens with zero attached hydrogens (tertiary/aromatic N) is 2. The zero-order chi connectivity index (χ0) is 26.6. The van der Waals surface area contributed by atoms with Crippen LogP contribution in [0.4, 0.5) is 37.0 Å². The molecule has 4 rings (SSSR count). The first-order chi connectivity index (χ1) is 16.3. The largest absolute Gasteiger partial charge is 0.439 e. The third-order valence-corrected chi connectivity index (χ3v) is 5.76. The number of carbonyl (C=O) groups is 1. The van der Waals surface area contributed by atoms with Gasteiger partial charge in [0.05, 0.1) is 17.2 Å².